The van der Waals surface area contributed by atoms with E-state index in [-0.39, 0.29) is 18.3 Å². The summed E-state index contributed by atoms with van der Waals surface area (Å²) in [5.74, 6) is 1.17. The fraction of sp³-hybridized carbons (Fsp3) is 0.321. The van der Waals surface area contributed by atoms with E-state index in [0.29, 0.717) is 43.4 Å². The highest BCUT2D eigenvalue weighted by Gasteiger charge is 2.34. The summed E-state index contributed by atoms with van der Waals surface area (Å²) in [6, 6.07) is 10.2. The molecule has 0 amide bonds. The van der Waals surface area contributed by atoms with Crippen LogP contribution in [0.15, 0.2) is 61.9 Å². The predicted octanol–water partition coefficient (Wildman–Crippen LogP) is 4.37. The highest BCUT2D eigenvalue weighted by molar-refractivity contribution is 9.10. The van der Waals surface area contributed by atoms with Gasteiger partial charge in [0.1, 0.15) is 5.75 Å². The van der Waals surface area contributed by atoms with Gasteiger partial charge in [0.05, 0.1) is 48.8 Å². The summed E-state index contributed by atoms with van der Waals surface area (Å²) in [6.45, 7) is 7.54. The molecular formula is C28H29BrN2O6S. The fourth-order valence-corrected chi connectivity index (χ4v) is 5.69. The SMILES string of the molecule is CCOC(=O)C1=C(C)N=c2s/c(=C/c3cc(Br)ccc3OC)c(=O)n2[C@@H]1c1ccc(OC(C)C)c(OC)c1. The third-order valence-corrected chi connectivity index (χ3v) is 7.34. The number of hydrogen-bond donors (Lipinski definition) is 0. The summed E-state index contributed by atoms with van der Waals surface area (Å²) in [5, 5.41) is 0. The van der Waals surface area contributed by atoms with E-state index in [1.54, 1.807) is 46.3 Å². The van der Waals surface area contributed by atoms with Crippen LogP contribution in [0.1, 0.15) is 44.9 Å². The Morgan fingerprint density at radius 1 is 1.13 bits per heavy atom. The largest absolute Gasteiger partial charge is 0.496 e. The minimum absolute atomic E-state index is 0.0559. The zero-order valence-electron chi connectivity index (χ0n) is 22.0. The number of fused-ring (bicyclic) bond motifs is 1. The summed E-state index contributed by atoms with van der Waals surface area (Å²) in [6.07, 6.45) is 1.72. The summed E-state index contributed by atoms with van der Waals surface area (Å²) < 4.78 is 25.2. The van der Waals surface area contributed by atoms with Gasteiger partial charge in [0.2, 0.25) is 0 Å². The molecule has 1 aliphatic heterocycles. The van der Waals surface area contributed by atoms with E-state index in [1.165, 1.54) is 15.9 Å². The Labute approximate surface area is 233 Å². The van der Waals surface area contributed by atoms with Crippen LogP contribution < -0.4 is 29.1 Å². The lowest BCUT2D eigenvalue weighted by Gasteiger charge is -2.25. The summed E-state index contributed by atoms with van der Waals surface area (Å²) in [7, 11) is 3.13. The highest BCUT2D eigenvalue weighted by Crippen LogP contribution is 2.36. The molecule has 0 saturated heterocycles. The molecule has 0 aliphatic carbocycles. The first kappa shape index (κ1) is 27.7. The van der Waals surface area contributed by atoms with E-state index in [1.807, 2.05) is 38.1 Å². The molecule has 0 radical (unpaired) electrons. The smallest absolute Gasteiger partial charge is 0.338 e. The molecule has 1 aliphatic rings. The van der Waals surface area contributed by atoms with Crippen LogP contribution >= 0.6 is 27.3 Å². The number of aromatic nitrogens is 1. The number of allylic oxidation sites excluding steroid dienone is 1. The van der Waals surface area contributed by atoms with Crippen LogP contribution in [0.25, 0.3) is 6.08 Å². The molecule has 2 aromatic carbocycles. The quantitative estimate of drug-likeness (QED) is 0.357. The zero-order valence-corrected chi connectivity index (χ0v) is 24.4. The first-order valence-electron chi connectivity index (χ1n) is 12.1. The van der Waals surface area contributed by atoms with Crippen LogP contribution in [-0.2, 0) is 9.53 Å². The van der Waals surface area contributed by atoms with Crippen LogP contribution in [0.3, 0.4) is 0 Å². The van der Waals surface area contributed by atoms with Crippen molar-refractivity contribution in [3.05, 3.63) is 83.0 Å². The normalized spacial score (nSPS) is 15.3. The minimum Gasteiger partial charge on any atom is -0.496 e. The molecule has 1 aromatic heterocycles. The third-order valence-electron chi connectivity index (χ3n) is 5.86. The van der Waals surface area contributed by atoms with Crippen molar-refractivity contribution in [3.8, 4) is 17.2 Å². The standard InChI is InChI=1S/C28H29BrN2O6S/c1-7-36-27(33)24-16(4)30-28-31(25(24)17-8-10-21(37-15(2)3)22(13-17)35-6)26(32)23(38-28)14-18-12-19(29)9-11-20(18)34-5/h8-15,25H,7H2,1-6H3/b23-14+/t25-/m1/s1. The first-order chi connectivity index (χ1) is 18.2. The van der Waals surface area contributed by atoms with Crippen molar-refractivity contribution in [1.29, 1.82) is 0 Å². The topological polar surface area (TPSA) is 88.4 Å². The number of carbonyl (C=O) groups is 1. The molecule has 10 heteroatoms. The number of esters is 1. The maximum absolute atomic E-state index is 13.9. The van der Waals surface area contributed by atoms with Crippen molar-refractivity contribution in [2.45, 2.75) is 39.8 Å². The van der Waals surface area contributed by atoms with Gasteiger partial charge in [-0.3, -0.25) is 9.36 Å². The second-order valence-corrected chi connectivity index (χ2v) is 10.7. The number of rotatable bonds is 8. The monoisotopic (exact) mass is 600 g/mol. The Bertz CT molecular complexity index is 1590. The van der Waals surface area contributed by atoms with Gasteiger partial charge in [-0.25, -0.2) is 9.79 Å². The van der Waals surface area contributed by atoms with Crippen molar-refractivity contribution in [3.63, 3.8) is 0 Å². The maximum Gasteiger partial charge on any atom is 0.338 e. The lowest BCUT2D eigenvalue weighted by atomic mass is 9.95. The minimum atomic E-state index is -0.765. The van der Waals surface area contributed by atoms with Crippen molar-refractivity contribution in [2.75, 3.05) is 20.8 Å². The molecule has 2 heterocycles. The summed E-state index contributed by atoms with van der Waals surface area (Å²) in [5.41, 5.74) is 1.91. The van der Waals surface area contributed by atoms with Crippen molar-refractivity contribution >= 4 is 39.3 Å². The lowest BCUT2D eigenvalue weighted by molar-refractivity contribution is -0.139. The van der Waals surface area contributed by atoms with Gasteiger partial charge in [0.25, 0.3) is 5.56 Å². The number of thiazole rings is 1. The molecule has 200 valence electrons. The molecule has 3 aromatic rings. The number of methoxy groups -OCH3 is 2. The molecule has 0 N–H and O–H groups in total. The van der Waals surface area contributed by atoms with Crippen molar-refractivity contribution in [2.24, 2.45) is 4.99 Å². The van der Waals surface area contributed by atoms with E-state index >= 15 is 0 Å². The van der Waals surface area contributed by atoms with E-state index in [2.05, 4.69) is 20.9 Å². The molecular weight excluding hydrogens is 572 g/mol. The second kappa shape index (κ2) is 11.6. The average Bonchev–Trinajstić information content (AvgIpc) is 3.17. The van der Waals surface area contributed by atoms with E-state index < -0.39 is 12.0 Å². The molecule has 0 fully saturated rings. The highest BCUT2D eigenvalue weighted by atomic mass is 79.9. The molecule has 38 heavy (non-hydrogen) atoms. The third kappa shape index (κ3) is 5.42. The molecule has 0 spiro atoms. The zero-order chi connectivity index (χ0) is 27.6. The molecule has 0 saturated carbocycles. The molecule has 0 bridgehead atoms. The predicted molar refractivity (Wildman–Crippen MR) is 150 cm³/mol. The van der Waals surface area contributed by atoms with Crippen molar-refractivity contribution < 1.29 is 23.7 Å². The van der Waals surface area contributed by atoms with Gasteiger partial charge in [-0.1, -0.05) is 33.3 Å². The van der Waals surface area contributed by atoms with Gasteiger partial charge in [-0.2, -0.15) is 0 Å². The van der Waals surface area contributed by atoms with Gasteiger partial charge in [-0.05, 0) is 69.7 Å². The van der Waals surface area contributed by atoms with Crippen LogP contribution in [0.2, 0.25) is 0 Å². The fourth-order valence-electron chi connectivity index (χ4n) is 4.27. The average molecular weight is 602 g/mol. The van der Waals surface area contributed by atoms with Gasteiger partial charge in [0, 0.05) is 10.0 Å². The Morgan fingerprint density at radius 3 is 2.50 bits per heavy atom. The van der Waals surface area contributed by atoms with Gasteiger partial charge in [-0.15, -0.1) is 0 Å². The number of benzene rings is 2. The van der Waals surface area contributed by atoms with Crippen LogP contribution in [0, 0.1) is 0 Å². The number of nitrogens with zero attached hydrogens (tertiary/aromatic N) is 2. The Balaban J connectivity index is 1.97. The molecule has 1 atom stereocenters. The summed E-state index contributed by atoms with van der Waals surface area (Å²) >= 11 is 4.73. The Hall–Kier alpha value is -3.37. The van der Waals surface area contributed by atoms with E-state index in [4.69, 9.17) is 18.9 Å². The van der Waals surface area contributed by atoms with Crippen LogP contribution in [0.4, 0.5) is 0 Å². The first-order valence-corrected chi connectivity index (χ1v) is 13.7. The van der Waals surface area contributed by atoms with Crippen LogP contribution in [0.5, 0.6) is 17.2 Å². The Morgan fingerprint density at radius 2 is 1.84 bits per heavy atom. The molecule has 0 unspecified atom stereocenters. The number of carbonyl (C=O) groups excluding carboxylic acids is 1. The van der Waals surface area contributed by atoms with E-state index in [9.17, 15) is 9.59 Å². The van der Waals surface area contributed by atoms with Crippen LogP contribution in [-0.4, -0.2) is 37.5 Å². The molecule has 4 rings (SSSR count). The van der Waals surface area contributed by atoms with Crippen molar-refractivity contribution in [1.82, 2.24) is 4.57 Å². The summed E-state index contributed by atoms with van der Waals surface area (Å²) in [4.78, 5) is 32.2. The maximum atomic E-state index is 13.9. The van der Waals surface area contributed by atoms with Gasteiger partial charge in [0.15, 0.2) is 16.3 Å². The van der Waals surface area contributed by atoms with Gasteiger partial charge < -0.3 is 18.9 Å². The second-order valence-electron chi connectivity index (χ2n) is 8.77. The Kier molecular flexibility index (Phi) is 8.42. The van der Waals surface area contributed by atoms with E-state index in [0.717, 1.165) is 10.0 Å². The number of ether oxygens (including phenoxy) is 4. The number of halogens is 1. The van der Waals surface area contributed by atoms with Gasteiger partial charge >= 0.3 is 5.97 Å². The molecule has 8 nitrogen and oxygen atoms in total. The lowest BCUT2D eigenvalue weighted by Crippen LogP contribution is -2.40. The number of hydrogen-bond acceptors (Lipinski definition) is 8.